The summed E-state index contributed by atoms with van der Waals surface area (Å²) in [4.78, 5) is 30.4. The van der Waals surface area contributed by atoms with Crippen LogP contribution in [0.15, 0.2) is 29.6 Å². The lowest BCUT2D eigenvalue weighted by Crippen LogP contribution is -2.40. The number of carbonyl (C=O) groups excluding carboxylic acids is 1. The lowest BCUT2D eigenvalue weighted by molar-refractivity contribution is -0.149. The third-order valence-electron chi connectivity index (χ3n) is 5.13. The van der Waals surface area contributed by atoms with Crippen LogP contribution >= 0.6 is 11.3 Å². The van der Waals surface area contributed by atoms with Crippen molar-refractivity contribution < 1.29 is 23.8 Å². The molecule has 26 heavy (non-hydrogen) atoms. The van der Waals surface area contributed by atoms with E-state index in [1.807, 2.05) is 0 Å². The average molecular weight is 376 g/mol. The number of carbonyl (C=O) groups is 2. The first kappa shape index (κ1) is 17.1. The van der Waals surface area contributed by atoms with Crippen LogP contribution in [0.5, 0.6) is 0 Å². The van der Waals surface area contributed by atoms with Gasteiger partial charge in [-0.3, -0.25) is 9.59 Å². The van der Waals surface area contributed by atoms with E-state index in [9.17, 15) is 19.1 Å². The minimum atomic E-state index is -0.997. The number of hydrogen-bond donors (Lipinski definition) is 1. The summed E-state index contributed by atoms with van der Waals surface area (Å²) in [7, 11) is 0. The zero-order valence-electron chi connectivity index (χ0n) is 13.9. The molecule has 2 aliphatic rings. The Morgan fingerprint density at radius 1 is 1.38 bits per heavy atom. The summed E-state index contributed by atoms with van der Waals surface area (Å²) in [5.41, 5.74) is 0.244. The molecule has 3 heterocycles. The highest BCUT2D eigenvalue weighted by molar-refractivity contribution is 7.09. The molecule has 0 radical (unpaired) electrons. The molecule has 1 amide bonds. The van der Waals surface area contributed by atoms with Crippen molar-refractivity contribution in [2.24, 2.45) is 11.3 Å². The molecule has 2 aromatic rings. The number of fused-ring (bicyclic) bond motifs is 1. The van der Waals surface area contributed by atoms with Crippen LogP contribution in [0.3, 0.4) is 0 Å². The quantitative estimate of drug-likeness (QED) is 0.883. The van der Waals surface area contributed by atoms with Gasteiger partial charge in [0, 0.05) is 30.8 Å². The first-order chi connectivity index (χ1) is 12.5. The molecule has 2 saturated heterocycles. The molecule has 1 aromatic carbocycles. The van der Waals surface area contributed by atoms with E-state index >= 15 is 0 Å². The molecule has 0 unspecified atom stereocenters. The molecule has 0 spiro atoms. The van der Waals surface area contributed by atoms with Crippen molar-refractivity contribution in [3.63, 3.8) is 0 Å². The first-order valence-corrected chi connectivity index (χ1v) is 9.15. The third-order valence-corrected chi connectivity index (χ3v) is 5.98. The van der Waals surface area contributed by atoms with Crippen LogP contribution in [0.2, 0.25) is 0 Å². The molecule has 2 fully saturated rings. The Kier molecular flexibility index (Phi) is 4.24. The van der Waals surface area contributed by atoms with Crippen LogP contribution < -0.4 is 0 Å². The van der Waals surface area contributed by atoms with E-state index in [0.29, 0.717) is 25.3 Å². The Balaban J connectivity index is 1.47. The highest BCUT2D eigenvalue weighted by atomic mass is 32.1. The Morgan fingerprint density at radius 2 is 2.15 bits per heavy atom. The molecule has 136 valence electrons. The highest BCUT2D eigenvalue weighted by Crippen LogP contribution is 2.42. The predicted molar refractivity (Wildman–Crippen MR) is 91.6 cm³/mol. The van der Waals surface area contributed by atoms with Crippen LogP contribution in [-0.4, -0.2) is 53.2 Å². The van der Waals surface area contributed by atoms with Crippen LogP contribution in [0, 0.1) is 17.2 Å². The molecule has 2 atom stereocenters. The van der Waals surface area contributed by atoms with Crippen molar-refractivity contribution >= 4 is 23.2 Å². The fraction of sp³-hybridized carbons (Fsp3) is 0.389. The number of aliphatic carboxylic acids is 1. The SMILES string of the molecule is O=C(c1csc(Cc2ccc(F)cc2)n1)N1C[C@@H]2COC[C@]2(C(=O)O)C1. The number of benzene rings is 1. The van der Waals surface area contributed by atoms with E-state index in [1.54, 1.807) is 22.4 Å². The number of ether oxygens (including phenoxy) is 1. The maximum absolute atomic E-state index is 13.0. The number of nitrogens with zero attached hydrogens (tertiary/aromatic N) is 2. The van der Waals surface area contributed by atoms with E-state index in [4.69, 9.17) is 4.74 Å². The maximum Gasteiger partial charge on any atom is 0.314 e. The Morgan fingerprint density at radius 3 is 2.85 bits per heavy atom. The number of likely N-dealkylation sites (tertiary alicyclic amines) is 1. The predicted octanol–water partition coefficient (Wildman–Crippen LogP) is 2.05. The van der Waals surface area contributed by atoms with Crippen molar-refractivity contribution in [3.8, 4) is 0 Å². The van der Waals surface area contributed by atoms with Gasteiger partial charge in [-0.15, -0.1) is 11.3 Å². The monoisotopic (exact) mass is 376 g/mol. The van der Waals surface area contributed by atoms with Crippen molar-refractivity contribution in [2.45, 2.75) is 6.42 Å². The fourth-order valence-electron chi connectivity index (χ4n) is 3.62. The summed E-state index contributed by atoms with van der Waals surface area (Å²) < 4.78 is 18.3. The number of halogens is 1. The van der Waals surface area contributed by atoms with Gasteiger partial charge in [0.05, 0.1) is 18.2 Å². The fourth-order valence-corrected chi connectivity index (χ4v) is 4.42. The van der Waals surface area contributed by atoms with Crippen LogP contribution in [-0.2, 0) is 16.0 Å². The minimum Gasteiger partial charge on any atom is -0.481 e. The number of thiazole rings is 1. The summed E-state index contributed by atoms with van der Waals surface area (Å²) in [6.45, 7) is 1.03. The third kappa shape index (κ3) is 2.89. The summed E-state index contributed by atoms with van der Waals surface area (Å²) in [6.07, 6.45) is 0.522. The molecule has 1 aromatic heterocycles. The van der Waals surface area contributed by atoms with Crippen LogP contribution in [0.1, 0.15) is 21.1 Å². The molecule has 0 aliphatic carbocycles. The van der Waals surface area contributed by atoms with E-state index < -0.39 is 11.4 Å². The summed E-state index contributed by atoms with van der Waals surface area (Å²) in [5, 5.41) is 12.0. The smallest absolute Gasteiger partial charge is 0.314 e. The van der Waals surface area contributed by atoms with Gasteiger partial charge in [0.2, 0.25) is 0 Å². The molecular formula is C18H17FN2O4S. The number of aromatic nitrogens is 1. The normalized spacial score (nSPS) is 24.7. The molecular weight excluding hydrogens is 359 g/mol. The number of carboxylic acids is 1. The van der Waals surface area contributed by atoms with Crippen LogP contribution in [0.4, 0.5) is 4.39 Å². The van der Waals surface area contributed by atoms with Gasteiger partial charge in [-0.1, -0.05) is 12.1 Å². The molecule has 1 N–H and O–H groups in total. The standard InChI is InChI=1S/C18H17FN2O4S/c19-13-3-1-11(2-4-13)5-15-20-14(8-26-15)16(22)21-6-12-7-25-10-18(12,9-21)17(23)24/h1-4,8,12H,5-7,9-10H2,(H,23,24)/t12-,18-/m1/s1. The van der Waals surface area contributed by atoms with Crippen molar-refractivity contribution in [3.05, 3.63) is 51.7 Å². The van der Waals surface area contributed by atoms with Gasteiger partial charge >= 0.3 is 5.97 Å². The zero-order valence-corrected chi connectivity index (χ0v) is 14.7. The molecule has 6 nitrogen and oxygen atoms in total. The Bertz CT molecular complexity index is 853. The lowest BCUT2D eigenvalue weighted by atomic mass is 9.81. The largest absolute Gasteiger partial charge is 0.481 e. The number of rotatable bonds is 4. The maximum atomic E-state index is 13.0. The van der Waals surface area contributed by atoms with Crippen LogP contribution in [0.25, 0.3) is 0 Å². The van der Waals surface area contributed by atoms with Gasteiger partial charge in [0.15, 0.2) is 0 Å². The Labute approximate surface area is 153 Å². The number of hydrogen-bond acceptors (Lipinski definition) is 5. The Hall–Kier alpha value is -2.32. The highest BCUT2D eigenvalue weighted by Gasteiger charge is 2.57. The summed E-state index contributed by atoms with van der Waals surface area (Å²) in [6, 6.07) is 6.17. The molecule has 8 heteroatoms. The average Bonchev–Trinajstić information content (AvgIpc) is 3.30. The van der Waals surface area contributed by atoms with Gasteiger partial charge in [-0.05, 0) is 17.7 Å². The molecule has 0 bridgehead atoms. The number of amides is 1. The van der Waals surface area contributed by atoms with Crippen molar-refractivity contribution in [1.29, 1.82) is 0 Å². The van der Waals surface area contributed by atoms with Gasteiger partial charge in [-0.25, -0.2) is 9.37 Å². The zero-order chi connectivity index (χ0) is 18.3. The molecule has 0 saturated carbocycles. The van der Waals surface area contributed by atoms with Gasteiger partial charge in [0.25, 0.3) is 5.91 Å². The minimum absolute atomic E-state index is 0.143. The van der Waals surface area contributed by atoms with E-state index in [2.05, 4.69) is 4.98 Å². The second-order valence-electron chi connectivity index (χ2n) is 6.79. The van der Waals surface area contributed by atoms with Crippen molar-refractivity contribution in [1.82, 2.24) is 9.88 Å². The van der Waals surface area contributed by atoms with E-state index in [-0.39, 0.29) is 30.8 Å². The molecule has 2 aliphatic heterocycles. The first-order valence-electron chi connectivity index (χ1n) is 8.27. The number of carboxylic acid groups (broad SMARTS) is 1. The second-order valence-corrected chi connectivity index (χ2v) is 7.73. The van der Waals surface area contributed by atoms with E-state index in [0.717, 1.165) is 10.6 Å². The second kappa shape index (κ2) is 6.44. The summed E-state index contributed by atoms with van der Waals surface area (Å²) in [5.74, 6) is -1.63. The summed E-state index contributed by atoms with van der Waals surface area (Å²) >= 11 is 1.37. The van der Waals surface area contributed by atoms with Crippen molar-refractivity contribution in [2.75, 3.05) is 26.3 Å². The lowest BCUT2D eigenvalue weighted by Gasteiger charge is -2.21. The van der Waals surface area contributed by atoms with E-state index in [1.165, 1.54) is 23.5 Å². The van der Waals surface area contributed by atoms with Gasteiger partial charge in [0.1, 0.15) is 16.9 Å². The molecule has 4 rings (SSSR count). The van der Waals surface area contributed by atoms with Gasteiger partial charge < -0.3 is 14.7 Å². The van der Waals surface area contributed by atoms with Gasteiger partial charge in [-0.2, -0.15) is 0 Å². The topological polar surface area (TPSA) is 79.7 Å².